The molecule has 0 aliphatic rings. The molecule has 0 aliphatic carbocycles. The Morgan fingerprint density at radius 2 is 0.549 bits per heavy atom. The van der Waals surface area contributed by atoms with Gasteiger partial charge in [-0.3, -0.25) is 14.4 Å². The quantitative estimate of drug-likeness (QED) is 0.0261. The van der Waals surface area contributed by atoms with Gasteiger partial charge in [0.25, 0.3) is 0 Å². The fourth-order valence-corrected chi connectivity index (χ4v) is 8.12. The number of hydrogen-bond donors (Lipinski definition) is 0. The van der Waals surface area contributed by atoms with Crippen LogP contribution in [0.3, 0.4) is 0 Å². The molecule has 0 N–H and O–H groups in total. The van der Waals surface area contributed by atoms with E-state index in [0.717, 1.165) is 128 Å². The molecule has 1 unspecified atom stereocenters. The van der Waals surface area contributed by atoms with E-state index in [0.29, 0.717) is 19.3 Å². The van der Waals surface area contributed by atoms with E-state index in [2.05, 4.69) is 118 Å². The normalized spacial score (nSPS) is 12.8. The average Bonchev–Trinajstić information content (AvgIpc) is 3.37. The summed E-state index contributed by atoms with van der Waals surface area (Å²) >= 11 is 0. The van der Waals surface area contributed by atoms with Gasteiger partial charge in [-0.25, -0.2) is 0 Å². The minimum absolute atomic E-state index is 0.0865. The van der Waals surface area contributed by atoms with Gasteiger partial charge in [-0.15, -0.1) is 0 Å². The van der Waals surface area contributed by atoms with Crippen molar-refractivity contribution in [1.82, 2.24) is 0 Å². The Kier molecular flexibility index (Phi) is 55.9. The molecule has 0 aromatic rings. The molecular weight excluding hydrogens is 877 g/mol. The van der Waals surface area contributed by atoms with Gasteiger partial charge in [-0.1, -0.05) is 253 Å². The Hall–Kier alpha value is -3.67. The van der Waals surface area contributed by atoms with Gasteiger partial charge in [0.05, 0.1) is 0 Å². The first-order valence-corrected chi connectivity index (χ1v) is 29.7. The number of carbonyl (C=O) groups is 3. The lowest BCUT2D eigenvalue weighted by Crippen LogP contribution is -2.30. The Labute approximate surface area is 438 Å². The lowest BCUT2D eigenvalue weighted by Gasteiger charge is -2.18. The largest absolute Gasteiger partial charge is 0.462 e. The number of carbonyl (C=O) groups excluding carboxylic acids is 3. The van der Waals surface area contributed by atoms with Crippen molar-refractivity contribution in [3.05, 3.63) is 97.2 Å². The van der Waals surface area contributed by atoms with Crippen molar-refractivity contribution in [2.24, 2.45) is 0 Å². The first-order valence-electron chi connectivity index (χ1n) is 29.7. The number of unbranched alkanes of at least 4 members (excludes halogenated alkanes) is 26. The molecule has 0 spiro atoms. The van der Waals surface area contributed by atoms with Gasteiger partial charge < -0.3 is 14.2 Å². The Balaban J connectivity index is 4.11. The van der Waals surface area contributed by atoms with Crippen molar-refractivity contribution >= 4 is 17.9 Å². The van der Waals surface area contributed by atoms with Crippen LogP contribution in [0.2, 0.25) is 0 Å². The summed E-state index contributed by atoms with van der Waals surface area (Å²) in [5, 5.41) is 0. The molecule has 0 heterocycles. The summed E-state index contributed by atoms with van der Waals surface area (Å²) in [6.45, 7) is 6.42. The standard InChI is InChI=1S/C65H110O6/c1-4-7-10-13-15-17-19-21-23-25-27-29-30-31-32-33-34-36-37-39-41-43-45-47-49-52-55-58-64(67)70-61-62(60-69-63(66)57-54-51-12-9-6-3)71-65(68)59-56-53-50-48-46-44-42-40-38-35-28-26-24-22-20-18-16-14-11-8-5-2/h8,11,16,18-19,21-22,24-25,27-28,30-31,35,40,42,62H,4-7,9-10,12-15,17,20,23,26,29,32-34,36-39,41,43-61H2,1-3H3/b11-8-,18-16-,21-19-,24-22-,27-25-,31-30-,35-28-,42-40-. The van der Waals surface area contributed by atoms with E-state index >= 15 is 0 Å². The van der Waals surface area contributed by atoms with Crippen molar-refractivity contribution in [2.45, 2.75) is 284 Å². The van der Waals surface area contributed by atoms with Crippen molar-refractivity contribution in [1.29, 1.82) is 0 Å². The van der Waals surface area contributed by atoms with Crippen LogP contribution in [0.15, 0.2) is 97.2 Å². The Bertz CT molecular complexity index is 1410. The second kappa shape index (κ2) is 58.9. The van der Waals surface area contributed by atoms with Crippen LogP contribution in [0.1, 0.15) is 278 Å². The molecule has 71 heavy (non-hydrogen) atoms. The molecule has 0 aromatic heterocycles. The highest BCUT2D eigenvalue weighted by Gasteiger charge is 2.19. The van der Waals surface area contributed by atoms with Crippen molar-refractivity contribution in [3.63, 3.8) is 0 Å². The second-order valence-corrected chi connectivity index (χ2v) is 19.5. The minimum Gasteiger partial charge on any atom is -0.462 e. The topological polar surface area (TPSA) is 78.9 Å². The molecule has 0 bridgehead atoms. The van der Waals surface area contributed by atoms with Crippen LogP contribution in [-0.2, 0) is 28.6 Å². The predicted octanol–water partition coefficient (Wildman–Crippen LogP) is 20.1. The van der Waals surface area contributed by atoms with Crippen molar-refractivity contribution < 1.29 is 28.6 Å². The van der Waals surface area contributed by atoms with E-state index in [1.165, 1.54) is 109 Å². The molecule has 0 saturated heterocycles. The maximum absolute atomic E-state index is 12.8. The van der Waals surface area contributed by atoms with Gasteiger partial charge in [0.15, 0.2) is 6.10 Å². The van der Waals surface area contributed by atoms with Crippen LogP contribution < -0.4 is 0 Å². The van der Waals surface area contributed by atoms with Crippen LogP contribution in [0, 0.1) is 0 Å². The van der Waals surface area contributed by atoms with E-state index in [4.69, 9.17) is 14.2 Å². The zero-order chi connectivity index (χ0) is 51.4. The minimum atomic E-state index is -0.786. The average molecular weight is 988 g/mol. The van der Waals surface area contributed by atoms with Crippen LogP contribution in [0.4, 0.5) is 0 Å². The van der Waals surface area contributed by atoms with E-state index in [1.54, 1.807) is 0 Å². The van der Waals surface area contributed by atoms with Gasteiger partial charge in [0.1, 0.15) is 13.2 Å². The molecule has 1 atom stereocenters. The SMILES string of the molecule is CC/C=C\C/C=C\C/C=C\C/C=C\C/C=C\CCCCCCCC(=O)OC(COC(=O)CCCCCCC)COC(=O)CCCCCCCCCCCCCC/C=C\C/C=C\C/C=C\CCCCCCC. The summed E-state index contributed by atoms with van der Waals surface area (Å²) in [5.41, 5.74) is 0. The van der Waals surface area contributed by atoms with Crippen molar-refractivity contribution in [3.8, 4) is 0 Å². The number of ether oxygens (including phenoxy) is 3. The number of esters is 3. The molecule has 0 saturated carbocycles. The molecule has 6 heteroatoms. The van der Waals surface area contributed by atoms with Gasteiger partial charge >= 0.3 is 17.9 Å². The third kappa shape index (κ3) is 57.1. The van der Waals surface area contributed by atoms with E-state index in [9.17, 15) is 14.4 Å². The highest BCUT2D eigenvalue weighted by Crippen LogP contribution is 2.15. The number of rotatable bonds is 53. The smallest absolute Gasteiger partial charge is 0.306 e. The lowest BCUT2D eigenvalue weighted by atomic mass is 10.0. The molecule has 6 nitrogen and oxygen atoms in total. The van der Waals surface area contributed by atoms with Gasteiger partial charge in [0.2, 0.25) is 0 Å². The fourth-order valence-electron chi connectivity index (χ4n) is 8.12. The second-order valence-electron chi connectivity index (χ2n) is 19.5. The third-order valence-electron chi connectivity index (χ3n) is 12.6. The van der Waals surface area contributed by atoms with Crippen LogP contribution >= 0.6 is 0 Å². The Morgan fingerprint density at radius 1 is 0.296 bits per heavy atom. The highest BCUT2D eigenvalue weighted by atomic mass is 16.6. The van der Waals surface area contributed by atoms with E-state index in [1.807, 2.05) is 0 Å². The summed E-state index contributed by atoms with van der Waals surface area (Å²) in [6.07, 6.45) is 78.8. The summed E-state index contributed by atoms with van der Waals surface area (Å²) in [5.74, 6) is -0.918. The van der Waals surface area contributed by atoms with Crippen LogP contribution in [-0.4, -0.2) is 37.2 Å². The summed E-state index contributed by atoms with van der Waals surface area (Å²) < 4.78 is 16.7. The molecule has 0 radical (unpaired) electrons. The summed E-state index contributed by atoms with van der Waals surface area (Å²) in [6, 6.07) is 0. The Morgan fingerprint density at radius 3 is 0.859 bits per heavy atom. The molecule has 0 aliphatic heterocycles. The maximum atomic E-state index is 12.8. The lowest BCUT2D eigenvalue weighted by molar-refractivity contribution is -0.167. The van der Waals surface area contributed by atoms with Crippen molar-refractivity contribution in [2.75, 3.05) is 13.2 Å². The van der Waals surface area contributed by atoms with E-state index in [-0.39, 0.29) is 31.1 Å². The number of hydrogen-bond acceptors (Lipinski definition) is 6. The molecule has 0 amide bonds. The number of allylic oxidation sites excluding steroid dienone is 16. The fraction of sp³-hybridized carbons (Fsp3) is 0.708. The molecule has 0 fully saturated rings. The van der Waals surface area contributed by atoms with Gasteiger partial charge in [-0.05, 0) is 103 Å². The summed E-state index contributed by atoms with van der Waals surface area (Å²) in [7, 11) is 0. The molecule has 406 valence electrons. The maximum Gasteiger partial charge on any atom is 0.306 e. The molecule has 0 rings (SSSR count). The van der Waals surface area contributed by atoms with Crippen LogP contribution in [0.5, 0.6) is 0 Å². The summed E-state index contributed by atoms with van der Waals surface area (Å²) in [4.78, 5) is 37.8. The molecular formula is C65H110O6. The first-order chi connectivity index (χ1) is 35.0. The van der Waals surface area contributed by atoms with Gasteiger partial charge in [0, 0.05) is 19.3 Å². The zero-order valence-electron chi connectivity index (χ0n) is 46.5. The third-order valence-corrected chi connectivity index (χ3v) is 12.6. The van der Waals surface area contributed by atoms with Gasteiger partial charge in [-0.2, -0.15) is 0 Å². The molecule has 0 aromatic carbocycles. The van der Waals surface area contributed by atoms with E-state index < -0.39 is 6.10 Å². The highest BCUT2D eigenvalue weighted by molar-refractivity contribution is 5.71. The van der Waals surface area contributed by atoms with Crippen LogP contribution in [0.25, 0.3) is 0 Å². The first kappa shape index (κ1) is 67.3. The predicted molar refractivity (Wildman–Crippen MR) is 307 cm³/mol. The monoisotopic (exact) mass is 987 g/mol. The zero-order valence-corrected chi connectivity index (χ0v) is 46.5.